The molecule has 1 amide bonds. The number of carbonyl (C=O) groups excluding carboxylic acids is 1. The Morgan fingerprint density at radius 1 is 1.21 bits per heavy atom. The zero-order valence-corrected chi connectivity index (χ0v) is 19.8. The number of rotatable bonds is 10. The molecule has 1 aromatic heterocycles. The lowest BCUT2D eigenvalue weighted by Crippen LogP contribution is -2.45. The maximum atomic E-state index is 13.2. The van der Waals surface area contributed by atoms with E-state index in [4.69, 9.17) is 22.1 Å². The summed E-state index contributed by atoms with van der Waals surface area (Å²) in [6.45, 7) is 2.23. The fraction of sp³-hybridized carbons (Fsp3) is 0.292. The Hall–Kier alpha value is -3.40. The molecule has 0 bridgehead atoms. The van der Waals surface area contributed by atoms with Crippen LogP contribution >= 0.6 is 11.6 Å². The molecule has 180 valence electrons. The molecule has 0 fully saturated rings. The number of nitrogen functional groups attached to an aromatic ring is 1. The SMILES string of the molecule is COCCN(C(=O)CNC(C)c1cccc(Cl)c1)c1c(N)n(Cc2ccccc2)c(=O)[nH]c1=O. The molecule has 0 saturated heterocycles. The Morgan fingerprint density at radius 3 is 2.62 bits per heavy atom. The summed E-state index contributed by atoms with van der Waals surface area (Å²) in [6.07, 6.45) is 0. The van der Waals surface area contributed by atoms with Gasteiger partial charge < -0.3 is 20.7 Å². The molecule has 1 unspecified atom stereocenters. The van der Waals surface area contributed by atoms with E-state index >= 15 is 0 Å². The van der Waals surface area contributed by atoms with E-state index in [1.165, 1.54) is 16.6 Å². The quantitative estimate of drug-likeness (QED) is 0.404. The molecule has 0 spiro atoms. The average Bonchev–Trinajstić information content (AvgIpc) is 2.82. The molecule has 0 aliphatic carbocycles. The van der Waals surface area contributed by atoms with Gasteiger partial charge in [0.1, 0.15) is 5.82 Å². The molecule has 1 atom stereocenters. The van der Waals surface area contributed by atoms with E-state index in [-0.39, 0.29) is 43.8 Å². The van der Waals surface area contributed by atoms with E-state index in [0.717, 1.165) is 11.1 Å². The lowest BCUT2D eigenvalue weighted by atomic mass is 10.1. The number of ether oxygens (including phenoxy) is 1. The number of nitrogens with zero attached hydrogens (tertiary/aromatic N) is 2. The molecule has 0 aliphatic heterocycles. The number of benzene rings is 2. The minimum atomic E-state index is -0.737. The molecule has 1 heterocycles. The van der Waals surface area contributed by atoms with Gasteiger partial charge in [-0.3, -0.25) is 19.1 Å². The van der Waals surface area contributed by atoms with Crippen LogP contribution in [0.1, 0.15) is 24.1 Å². The minimum absolute atomic E-state index is 0.0753. The van der Waals surface area contributed by atoms with Crippen molar-refractivity contribution in [2.45, 2.75) is 19.5 Å². The van der Waals surface area contributed by atoms with Crippen molar-refractivity contribution >= 4 is 29.0 Å². The molecule has 9 nitrogen and oxygen atoms in total. The molecule has 2 aromatic carbocycles. The van der Waals surface area contributed by atoms with Gasteiger partial charge in [-0.05, 0) is 30.2 Å². The van der Waals surface area contributed by atoms with Crippen molar-refractivity contribution in [2.24, 2.45) is 0 Å². The Labute approximate surface area is 202 Å². The van der Waals surface area contributed by atoms with Gasteiger partial charge in [-0.15, -0.1) is 0 Å². The average molecular weight is 486 g/mol. The second-order valence-corrected chi connectivity index (χ2v) is 8.20. The molecule has 3 aromatic rings. The smallest absolute Gasteiger partial charge is 0.330 e. The Morgan fingerprint density at radius 2 is 1.94 bits per heavy atom. The molecule has 0 radical (unpaired) electrons. The fourth-order valence-corrected chi connectivity index (χ4v) is 3.73. The largest absolute Gasteiger partial charge is 0.383 e. The van der Waals surface area contributed by atoms with Gasteiger partial charge in [0.25, 0.3) is 5.56 Å². The van der Waals surface area contributed by atoms with E-state index in [2.05, 4.69) is 10.3 Å². The molecule has 0 aliphatic rings. The third-order valence-corrected chi connectivity index (χ3v) is 5.63. The van der Waals surface area contributed by atoms with Gasteiger partial charge in [-0.1, -0.05) is 54.1 Å². The van der Waals surface area contributed by atoms with Crippen LogP contribution in [0.25, 0.3) is 0 Å². The highest BCUT2D eigenvalue weighted by Crippen LogP contribution is 2.19. The van der Waals surface area contributed by atoms with Crippen LogP contribution < -0.4 is 27.2 Å². The van der Waals surface area contributed by atoms with E-state index in [1.807, 2.05) is 55.5 Å². The van der Waals surface area contributed by atoms with Crippen LogP contribution in [0.2, 0.25) is 5.02 Å². The summed E-state index contributed by atoms with van der Waals surface area (Å²) in [5.41, 5.74) is 6.54. The maximum Gasteiger partial charge on any atom is 0.330 e. The third kappa shape index (κ3) is 6.13. The summed E-state index contributed by atoms with van der Waals surface area (Å²) < 4.78 is 6.37. The van der Waals surface area contributed by atoms with Gasteiger partial charge in [-0.2, -0.15) is 0 Å². The van der Waals surface area contributed by atoms with Crippen molar-refractivity contribution in [1.29, 1.82) is 0 Å². The normalized spacial score (nSPS) is 11.9. The molecule has 0 saturated carbocycles. The number of aromatic nitrogens is 2. The first kappa shape index (κ1) is 25.2. The maximum absolute atomic E-state index is 13.2. The number of anilines is 2. The Balaban J connectivity index is 1.89. The first-order valence-electron chi connectivity index (χ1n) is 10.8. The highest BCUT2D eigenvalue weighted by atomic mass is 35.5. The fourth-order valence-electron chi connectivity index (χ4n) is 3.53. The number of H-pyrrole nitrogens is 1. The topological polar surface area (TPSA) is 122 Å². The second-order valence-electron chi connectivity index (χ2n) is 7.76. The van der Waals surface area contributed by atoms with Crippen LogP contribution in [-0.4, -0.2) is 42.3 Å². The van der Waals surface area contributed by atoms with Crippen molar-refractivity contribution in [3.8, 4) is 0 Å². The van der Waals surface area contributed by atoms with Crippen molar-refractivity contribution in [2.75, 3.05) is 37.4 Å². The monoisotopic (exact) mass is 485 g/mol. The number of aromatic amines is 1. The number of nitrogens with two attached hydrogens (primary N) is 1. The van der Waals surface area contributed by atoms with Crippen molar-refractivity contribution in [1.82, 2.24) is 14.9 Å². The number of hydrogen-bond donors (Lipinski definition) is 3. The highest BCUT2D eigenvalue weighted by Gasteiger charge is 2.24. The van der Waals surface area contributed by atoms with Crippen LogP contribution in [0.5, 0.6) is 0 Å². The van der Waals surface area contributed by atoms with E-state index in [9.17, 15) is 14.4 Å². The van der Waals surface area contributed by atoms with Gasteiger partial charge in [0.05, 0.1) is 19.7 Å². The van der Waals surface area contributed by atoms with E-state index in [1.54, 1.807) is 6.07 Å². The lowest BCUT2D eigenvalue weighted by molar-refractivity contribution is -0.118. The molecular formula is C24H28ClN5O4. The Kier molecular flexibility index (Phi) is 8.64. The molecule has 4 N–H and O–H groups in total. The number of methoxy groups -OCH3 is 1. The van der Waals surface area contributed by atoms with Gasteiger partial charge in [0.2, 0.25) is 5.91 Å². The number of amides is 1. The lowest BCUT2D eigenvalue weighted by Gasteiger charge is -2.25. The second kappa shape index (κ2) is 11.6. The highest BCUT2D eigenvalue weighted by molar-refractivity contribution is 6.30. The third-order valence-electron chi connectivity index (χ3n) is 5.40. The first-order valence-corrected chi connectivity index (χ1v) is 11.1. The van der Waals surface area contributed by atoms with Crippen molar-refractivity contribution in [3.05, 3.63) is 91.6 Å². The van der Waals surface area contributed by atoms with Crippen molar-refractivity contribution in [3.63, 3.8) is 0 Å². The molecule has 3 rings (SSSR count). The zero-order valence-electron chi connectivity index (χ0n) is 19.1. The molecule has 10 heteroatoms. The molecular weight excluding hydrogens is 458 g/mol. The van der Waals surface area contributed by atoms with Gasteiger partial charge in [0.15, 0.2) is 5.69 Å². The summed E-state index contributed by atoms with van der Waals surface area (Å²) in [5, 5.41) is 3.74. The van der Waals surface area contributed by atoms with E-state index < -0.39 is 17.2 Å². The number of nitrogens with one attached hydrogen (secondary N) is 2. The van der Waals surface area contributed by atoms with Crippen LogP contribution in [0, 0.1) is 0 Å². The number of hydrogen-bond acceptors (Lipinski definition) is 6. The summed E-state index contributed by atoms with van der Waals surface area (Å²) >= 11 is 6.06. The van der Waals surface area contributed by atoms with Crippen LogP contribution in [0.4, 0.5) is 11.5 Å². The predicted octanol–water partition coefficient (Wildman–Crippen LogP) is 2.15. The summed E-state index contributed by atoms with van der Waals surface area (Å²) in [7, 11) is 1.49. The standard InChI is InChI=1S/C24H28ClN5O4/c1-16(18-9-6-10-19(25)13-18)27-14-20(31)29(11-12-34-2)21-22(26)30(24(33)28-23(21)32)15-17-7-4-3-5-8-17/h3-10,13,16,27H,11-12,14-15,26H2,1-2H3,(H,28,32,33). The Bertz CT molecular complexity index is 1240. The van der Waals surface area contributed by atoms with Crippen LogP contribution in [-0.2, 0) is 16.1 Å². The predicted molar refractivity (Wildman–Crippen MR) is 133 cm³/mol. The summed E-state index contributed by atoms with van der Waals surface area (Å²) in [6, 6.07) is 16.4. The van der Waals surface area contributed by atoms with Crippen LogP contribution in [0.3, 0.4) is 0 Å². The summed E-state index contributed by atoms with van der Waals surface area (Å²) in [5.74, 6) is -0.488. The van der Waals surface area contributed by atoms with Gasteiger partial charge in [-0.25, -0.2) is 4.79 Å². The minimum Gasteiger partial charge on any atom is -0.383 e. The van der Waals surface area contributed by atoms with Gasteiger partial charge in [0, 0.05) is 24.7 Å². The van der Waals surface area contributed by atoms with E-state index in [0.29, 0.717) is 5.02 Å². The van der Waals surface area contributed by atoms with Crippen molar-refractivity contribution < 1.29 is 9.53 Å². The molecule has 34 heavy (non-hydrogen) atoms. The first-order chi connectivity index (χ1) is 16.3. The van der Waals surface area contributed by atoms with Crippen LogP contribution in [0.15, 0.2) is 64.2 Å². The number of halogens is 1. The number of carbonyl (C=O) groups is 1. The van der Waals surface area contributed by atoms with Gasteiger partial charge >= 0.3 is 5.69 Å². The zero-order chi connectivity index (χ0) is 24.7. The summed E-state index contributed by atoms with van der Waals surface area (Å²) in [4.78, 5) is 42.0.